The van der Waals surface area contributed by atoms with E-state index in [1.807, 2.05) is 35.0 Å². The lowest BCUT2D eigenvalue weighted by atomic mass is 10.0. The fourth-order valence-corrected chi connectivity index (χ4v) is 3.65. The molecule has 27 heavy (non-hydrogen) atoms. The SMILES string of the molecule is Fc1ccccc1CN1CCC[C@H](NCc2cccn2-c2ncccn2)C1. The zero-order chi connectivity index (χ0) is 18.5. The lowest BCUT2D eigenvalue weighted by molar-refractivity contribution is 0.180. The van der Waals surface area contributed by atoms with E-state index in [0.29, 0.717) is 18.5 Å². The van der Waals surface area contributed by atoms with E-state index in [4.69, 9.17) is 0 Å². The molecule has 2 aromatic heterocycles. The maximum atomic E-state index is 13.9. The number of likely N-dealkylation sites (tertiary alicyclic amines) is 1. The van der Waals surface area contributed by atoms with Crippen LogP contribution in [0, 0.1) is 5.82 Å². The van der Waals surface area contributed by atoms with Gasteiger partial charge in [-0.1, -0.05) is 18.2 Å². The molecule has 0 saturated carbocycles. The van der Waals surface area contributed by atoms with E-state index in [-0.39, 0.29) is 5.82 Å². The Balaban J connectivity index is 1.35. The molecule has 1 atom stereocenters. The third kappa shape index (κ3) is 4.40. The summed E-state index contributed by atoms with van der Waals surface area (Å²) in [7, 11) is 0. The zero-order valence-corrected chi connectivity index (χ0v) is 15.3. The number of rotatable bonds is 6. The van der Waals surface area contributed by atoms with E-state index >= 15 is 0 Å². The monoisotopic (exact) mass is 365 g/mol. The number of nitrogens with zero attached hydrogens (tertiary/aromatic N) is 4. The number of nitrogens with one attached hydrogen (secondary N) is 1. The van der Waals surface area contributed by atoms with Crippen molar-refractivity contribution in [1.82, 2.24) is 24.8 Å². The summed E-state index contributed by atoms with van der Waals surface area (Å²) in [6.45, 7) is 3.36. The largest absolute Gasteiger partial charge is 0.307 e. The molecule has 0 radical (unpaired) electrons. The summed E-state index contributed by atoms with van der Waals surface area (Å²) in [5.41, 5.74) is 1.90. The van der Waals surface area contributed by atoms with E-state index in [1.165, 1.54) is 6.07 Å². The summed E-state index contributed by atoms with van der Waals surface area (Å²) < 4.78 is 15.9. The molecule has 0 bridgehead atoms. The van der Waals surface area contributed by atoms with Gasteiger partial charge in [0, 0.05) is 55.5 Å². The van der Waals surface area contributed by atoms with Crippen molar-refractivity contribution in [3.63, 3.8) is 0 Å². The summed E-state index contributed by atoms with van der Waals surface area (Å²) in [6, 6.07) is 13.4. The summed E-state index contributed by atoms with van der Waals surface area (Å²) in [5.74, 6) is 0.567. The van der Waals surface area contributed by atoms with Gasteiger partial charge in [-0.3, -0.25) is 9.47 Å². The Hall–Kier alpha value is -2.57. The molecule has 1 saturated heterocycles. The van der Waals surface area contributed by atoms with Gasteiger partial charge in [-0.15, -0.1) is 0 Å². The number of aromatic nitrogens is 3. The molecule has 4 rings (SSSR count). The van der Waals surface area contributed by atoms with Crippen LogP contribution in [0.4, 0.5) is 4.39 Å². The Morgan fingerprint density at radius 3 is 2.78 bits per heavy atom. The smallest absolute Gasteiger partial charge is 0.233 e. The van der Waals surface area contributed by atoms with Crippen LogP contribution in [0.15, 0.2) is 61.1 Å². The lowest BCUT2D eigenvalue weighted by Gasteiger charge is -2.33. The predicted octanol–water partition coefficient (Wildman–Crippen LogP) is 3.16. The fraction of sp³-hybridized carbons (Fsp3) is 0.333. The summed E-state index contributed by atoms with van der Waals surface area (Å²) in [4.78, 5) is 11.0. The second kappa shape index (κ2) is 8.41. The molecule has 0 amide bonds. The van der Waals surface area contributed by atoms with Crippen LogP contribution in [0.2, 0.25) is 0 Å². The second-order valence-corrected chi connectivity index (χ2v) is 6.96. The number of piperidine rings is 1. The molecular formula is C21H24FN5. The molecular weight excluding hydrogens is 341 g/mol. The number of hydrogen-bond donors (Lipinski definition) is 1. The zero-order valence-electron chi connectivity index (χ0n) is 15.3. The molecule has 0 aliphatic carbocycles. The van der Waals surface area contributed by atoms with Crippen molar-refractivity contribution in [2.75, 3.05) is 13.1 Å². The summed E-state index contributed by atoms with van der Waals surface area (Å²) in [5, 5.41) is 3.65. The van der Waals surface area contributed by atoms with Crippen molar-refractivity contribution in [2.24, 2.45) is 0 Å². The first-order valence-electron chi connectivity index (χ1n) is 9.42. The molecule has 0 unspecified atom stereocenters. The van der Waals surface area contributed by atoms with E-state index in [1.54, 1.807) is 18.5 Å². The highest BCUT2D eigenvalue weighted by Crippen LogP contribution is 2.16. The van der Waals surface area contributed by atoms with Crippen LogP contribution < -0.4 is 5.32 Å². The fourth-order valence-electron chi connectivity index (χ4n) is 3.65. The van der Waals surface area contributed by atoms with Gasteiger partial charge in [-0.25, -0.2) is 14.4 Å². The molecule has 3 heterocycles. The molecule has 3 aromatic rings. The summed E-state index contributed by atoms with van der Waals surface area (Å²) in [6.07, 6.45) is 7.74. The Bertz CT molecular complexity index is 864. The van der Waals surface area contributed by atoms with Gasteiger partial charge in [-0.2, -0.15) is 0 Å². The second-order valence-electron chi connectivity index (χ2n) is 6.96. The maximum absolute atomic E-state index is 13.9. The Kier molecular flexibility index (Phi) is 5.55. The standard InChI is InChI=1S/C21H24FN5/c22-20-9-2-1-6-17(20)15-26-12-3-7-18(16-26)25-14-19-8-4-13-27(19)21-23-10-5-11-24-21/h1-2,4-6,8-11,13,18,25H,3,7,12,14-16H2/t18-/m0/s1. The van der Waals surface area contributed by atoms with Crippen LogP contribution in [0.5, 0.6) is 0 Å². The molecule has 1 aromatic carbocycles. The van der Waals surface area contributed by atoms with Gasteiger partial charge in [-0.05, 0) is 43.7 Å². The van der Waals surface area contributed by atoms with Crippen LogP contribution >= 0.6 is 0 Å². The first-order valence-corrected chi connectivity index (χ1v) is 9.42. The highest BCUT2D eigenvalue weighted by atomic mass is 19.1. The van der Waals surface area contributed by atoms with E-state index in [0.717, 1.165) is 43.7 Å². The van der Waals surface area contributed by atoms with E-state index in [9.17, 15) is 4.39 Å². The van der Waals surface area contributed by atoms with Crippen molar-refractivity contribution >= 4 is 0 Å². The van der Waals surface area contributed by atoms with Gasteiger partial charge < -0.3 is 5.32 Å². The van der Waals surface area contributed by atoms with Gasteiger partial charge in [0.05, 0.1) is 0 Å². The first kappa shape index (κ1) is 17.8. The normalized spacial score (nSPS) is 17.9. The number of halogens is 1. The minimum Gasteiger partial charge on any atom is -0.307 e. The van der Waals surface area contributed by atoms with Crippen molar-refractivity contribution in [1.29, 1.82) is 0 Å². The highest BCUT2D eigenvalue weighted by molar-refractivity contribution is 5.20. The van der Waals surface area contributed by atoms with Gasteiger partial charge in [0.1, 0.15) is 5.82 Å². The number of hydrogen-bond acceptors (Lipinski definition) is 4. The van der Waals surface area contributed by atoms with Crippen molar-refractivity contribution < 1.29 is 4.39 Å². The predicted molar refractivity (Wildman–Crippen MR) is 103 cm³/mol. The third-order valence-electron chi connectivity index (χ3n) is 5.03. The molecule has 1 fully saturated rings. The van der Waals surface area contributed by atoms with Crippen molar-refractivity contribution in [2.45, 2.75) is 32.0 Å². The molecule has 0 spiro atoms. The van der Waals surface area contributed by atoms with Gasteiger partial charge in [0.2, 0.25) is 5.95 Å². The topological polar surface area (TPSA) is 46.0 Å². The summed E-state index contributed by atoms with van der Waals surface area (Å²) >= 11 is 0. The van der Waals surface area contributed by atoms with Gasteiger partial charge >= 0.3 is 0 Å². The average molecular weight is 365 g/mol. The minimum atomic E-state index is -0.117. The van der Waals surface area contributed by atoms with Crippen LogP contribution in [0.3, 0.4) is 0 Å². The van der Waals surface area contributed by atoms with Gasteiger partial charge in [0.25, 0.3) is 0 Å². The highest BCUT2D eigenvalue weighted by Gasteiger charge is 2.20. The average Bonchev–Trinajstić information content (AvgIpc) is 3.18. The molecule has 1 N–H and O–H groups in total. The Labute approximate surface area is 158 Å². The minimum absolute atomic E-state index is 0.117. The molecule has 140 valence electrons. The van der Waals surface area contributed by atoms with Crippen molar-refractivity contribution in [3.8, 4) is 5.95 Å². The van der Waals surface area contributed by atoms with Crippen LogP contribution in [-0.4, -0.2) is 38.6 Å². The van der Waals surface area contributed by atoms with Crippen LogP contribution in [-0.2, 0) is 13.1 Å². The maximum Gasteiger partial charge on any atom is 0.233 e. The van der Waals surface area contributed by atoms with E-state index < -0.39 is 0 Å². The third-order valence-corrected chi connectivity index (χ3v) is 5.03. The Morgan fingerprint density at radius 1 is 1.07 bits per heavy atom. The molecule has 1 aliphatic rings. The first-order chi connectivity index (χ1) is 13.3. The van der Waals surface area contributed by atoms with Crippen molar-refractivity contribution in [3.05, 3.63) is 78.1 Å². The molecule has 5 nitrogen and oxygen atoms in total. The lowest BCUT2D eigenvalue weighted by Crippen LogP contribution is -2.45. The van der Waals surface area contributed by atoms with E-state index in [2.05, 4.69) is 26.3 Å². The Morgan fingerprint density at radius 2 is 1.93 bits per heavy atom. The molecule has 6 heteroatoms. The molecule has 1 aliphatic heterocycles. The number of benzene rings is 1. The van der Waals surface area contributed by atoms with Crippen LogP contribution in [0.1, 0.15) is 24.1 Å². The van der Waals surface area contributed by atoms with Crippen LogP contribution in [0.25, 0.3) is 5.95 Å². The van der Waals surface area contributed by atoms with Gasteiger partial charge in [0.15, 0.2) is 0 Å². The quantitative estimate of drug-likeness (QED) is 0.729.